The fourth-order valence-corrected chi connectivity index (χ4v) is 5.67. The number of aryl methyl sites for hydroxylation is 1. The highest BCUT2D eigenvalue weighted by atomic mass is 32.2. The van der Waals surface area contributed by atoms with Gasteiger partial charge in [-0.05, 0) is 36.3 Å². The number of rotatable bonds is 12. The summed E-state index contributed by atoms with van der Waals surface area (Å²) in [6.07, 6.45) is 5.57. The van der Waals surface area contributed by atoms with Crippen LogP contribution in [0.1, 0.15) is 50.2 Å². The van der Waals surface area contributed by atoms with Gasteiger partial charge in [-0.3, -0.25) is 0 Å². The van der Waals surface area contributed by atoms with E-state index in [2.05, 4.69) is 21.5 Å². The van der Waals surface area contributed by atoms with Crippen molar-refractivity contribution in [2.45, 2.75) is 62.6 Å². The van der Waals surface area contributed by atoms with Gasteiger partial charge in [0.1, 0.15) is 10.9 Å². The van der Waals surface area contributed by atoms with Gasteiger partial charge in [0.2, 0.25) is 0 Å². The number of nitrogens with zero attached hydrogens (tertiary/aromatic N) is 2. The lowest BCUT2D eigenvalue weighted by atomic mass is 10.0. The molecule has 3 N–H and O–H groups in total. The molecule has 0 saturated heterocycles. The third-order valence-corrected chi connectivity index (χ3v) is 7.86. The highest BCUT2D eigenvalue weighted by molar-refractivity contribution is 7.98. The van der Waals surface area contributed by atoms with Crippen LogP contribution in [0.3, 0.4) is 0 Å². The minimum absolute atomic E-state index is 0.0352. The van der Waals surface area contributed by atoms with Crippen LogP contribution in [0.2, 0.25) is 0 Å². The molecule has 10 heteroatoms. The first-order chi connectivity index (χ1) is 17.3. The van der Waals surface area contributed by atoms with E-state index in [0.29, 0.717) is 25.1 Å². The summed E-state index contributed by atoms with van der Waals surface area (Å²) in [6.45, 7) is 4.88. The van der Waals surface area contributed by atoms with Gasteiger partial charge < -0.3 is 15.0 Å². The van der Waals surface area contributed by atoms with Gasteiger partial charge >= 0.3 is 6.03 Å². The Morgan fingerprint density at radius 3 is 2.44 bits per heavy atom. The van der Waals surface area contributed by atoms with Crippen molar-refractivity contribution < 1.29 is 18.3 Å². The van der Waals surface area contributed by atoms with Crippen molar-refractivity contribution >= 4 is 27.8 Å². The number of carbonyl (C=O) groups is 1. The Morgan fingerprint density at radius 2 is 1.81 bits per heavy atom. The van der Waals surface area contributed by atoms with E-state index in [0.717, 1.165) is 46.9 Å². The van der Waals surface area contributed by atoms with Crippen LogP contribution in [0.25, 0.3) is 11.1 Å². The zero-order chi connectivity index (χ0) is 26.1. The molecular weight excluding hydrogens is 496 g/mol. The molecule has 2 aromatic carbocycles. The number of hydrogen-bond donors (Lipinski definition) is 3. The quantitative estimate of drug-likeness (QED) is 0.296. The zero-order valence-electron chi connectivity index (χ0n) is 21.0. The molecule has 3 aromatic rings. The average Bonchev–Trinajstić information content (AvgIpc) is 3.22. The molecule has 0 aliphatic heterocycles. The standard InChI is InChI=1S/C26H34N4O4S2/c1-4-6-11-24-28-25(35-3)22(18-31)30(24)17-19-12-14-20(15-13-19)21-9-7-8-10-23(21)36(33,34)29-26(32)27-16-5-2/h7-10,12-15,31H,4-6,11,16-18H2,1-3H3,(H2,27,29,32). The number of aliphatic hydroxyl groups is 1. The highest BCUT2D eigenvalue weighted by Crippen LogP contribution is 2.28. The number of sulfonamides is 1. The number of unbranched alkanes of at least 4 members (excludes halogenated alkanes) is 1. The van der Waals surface area contributed by atoms with Crippen LogP contribution in [0.4, 0.5) is 4.79 Å². The molecule has 36 heavy (non-hydrogen) atoms. The predicted octanol–water partition coefficient (Wildman–Crippen LogP) is 4.55. The normalized spacial score (nSPS) is 11.4. The predicted molar refractivity (Wildman–Crippen MR) is 144 cm³/mol. The van der Waals surface area contributed by atoms with E-state index in [4.69, 9.17) is 4.98 Å². The van der Waals surface area contributed by atoms with E-state index >= 15 is 0 Å². The molecule has 0 unspecified atom stereocenters. The summed E-state index contributed by atoms with van der Waals surface area (Å²) in [5.41, 5.74) is 3.04. The Hall–Kier alpha value is -2.82. The van der Waals surface area contributed by atoms with E-state index in [1.807, 2.05) is 37.4 Å². The van der Waals surface area contributed by atoms with Gasteiger partial charge in [0.05, 0.1) is 17.2 Å². The van der Waals surface area contributed by atoms with Crippen molar-refractivity contribution in [3.63, 3.8) is 0 Å². The Morgan fingerprint density at radius 1 is 1.08 bits per heavy atom. The number of benzene rings is 2. The summed E-state index contributed by atoms with van der Waals surface area (Å²) in [5.74, 6) is 0.957. The minimum atomic E-state index is -4.06. The topological polar surface area (TPSA) is 113 Å². The van der Waals surface area contributed by atoms with Gasteiger partial charge in [0.15, 0.2) is 0 Å². The molecule has 0 aliphatic carbocycles. The Labute approximate surface area is 217 Å². The molecule has 0 bridgehead atoms. The number of aromatic nitrogens is 2. The van der Waals surface area contributed by atoms with Crippen LogP contribution < -0.4 is 10.0 Å². The van der Waals surface area contributed by atoms with E-state index in [1.165, 1.54) is 17.8 Å². The Kier molecular flexibility index (Phi) is 9.98. The van der Waals surface area contributed by atoms with Gasteiger partial charge in [-0.2, -0.15) is 0 Å². The van der Waals surface area contributed by atoms with E-state index in [1.54, 1.807) is 18.2 Å². The fraction of sp³-hybridized carbons (Fsp3) is 0.385. The molecule has 0 aliphatic rings. The molecule has 1 heterocycles. The monoisotopic (exact) mass is 530 g/mol. The number of imidazole rings is 1. The van der Waals surface area contributed by atoms with Crippen LogP contribution >= 0.6 is 11.8 Å². The largest absolute Gasteiger partial charge is 0.390 e. The SMILES string of the molecule is CCCCc1nc(SC)c(CO)n1Cc1ccc(-c2ccccc2S(=O)(=O)NC(=O)NCCC)cc1. The number of hydrogen-bond acceptors (Lipinski definition) is 6. The summed E-state index contributed by atoms with van der Waals surface area (Å²) in [4.78, 5) is 16.8. The highest BCUT2D eigenvalue weighted by Gasteiger charge is 2.22. The second-order valence-electron chi connectivity index (χ2n) is 8.39. The number of thioether (sulfide) groups is 1. The average molecular weight is 531 g/mol. The third kappa shape index (κ3) is 6.68. The lowest BCUT2D eigenvalue weighted by Crippen LogP contribution is -2.39. The van der Waals surface area contributed by atoms with Crippen LogP contribution in [0, 0.1) is 0 Å². The van der Waals surface area contributed by atoms with E-state index in [9.17, 15) is 18.3 Å². The third-order valence-electron chi connectivity index (χ3n) is 5.76. The Balaban J connectivity index is 1.88. The summed E-state index contributed by atoms with van der Waals surface area (Å²) in [7, 11) is -4.06. The number of urea groups is 1. The molecule has 3 rings (SSSR count). The summed E-state index contributed by atoms with van der Waals surface area (Å²) < 4.78 is 30.0. The molecule has 0 spiro atoms. The van der Waals surface area contributed by atoms with Crippen molar-refractivity contribution in [3.05, 3.63) is 65.6 Å². The van der Waals surface area contributed by atoms with Crippen LogP contribution in [-0.4, -0.2) is 41.9 Å². The second kappa shape index (κ2) is 12.9. The summed E-state index contributed by atoms with van der Waals surface area (Å²) >= 11 is 1.53. The van der Waals surface area contributed by atoms with Gasteiger partial charge in [-0.25, -0.2) is 22.9 Å². The minimum Gasteiger partial charge on any atom is -0.390 e. The first-order valence-corrected chi connectivity index (χ1v) is 14.8. The van der Waals surface area contributed by atoms with Crippen molar-refractivity contribution in [2.75, 3.05) is 12.8 Å². The summed E-state index contributed by atoms with van der Waals surface area (Å²) in [5, 5.41) is 13.4. The molecule has 194 valence electrons. The van der Waals surface area contributed by atoms with Crippen molar-refractivity contribution in [1.82, 2.24) is 19.6 Å². The fourth-order valence-electron chi connectivity index (χ4n) is 3.91. The second-order valence-corrected chi connectivity index (χ2v) is 10.8. The summed E-state index contributed by atoms with van der Waals surface area (Å²) in [6, 6.07) is 13.5. The number of amides is 2. The lowest BCUT2D eigenvalue weighted by Gasteiger charge is -2.14. The van der Waals surface area contributed by atoms with Crippen LogP contribution in [0.5, 0.6) is 0 Å². The van der Waals surface area contributed by atoms with Gasteiger partial charge in [-0.1, -0.05) is 62.7 Å². The molecule has 0 radical (unpaired) electrons. The first-order valence-electron chi connectivity index (χ1n) is 12.1. The van der Waals surface area contributed by atoms with E-state index < -0.39 is 16.1 Å². The number of carbonyl (C=O) groups excluding carboxylic acids is 1. The molecule has 2 amide bonds. The molecule has 8 nitrogen and oxygen atoms in total. The Bertz CT molecular complexity index is 1270. The van der Waals surface area contributed by atoms with Crippen LogP contribution in [0.15, 0.2) is 58.5 Å². The smallest absolute Gasteiger partial charge is 0.328 e. The lowest BCUT2D eigenvalue weighted by molar-refractivity contribution is 0.246. The first kappa shape index (κ1) is 27.8. The maximum absolute atomic E-state index is 12.9. The molecule has 1 aromatic heterocycles. The molecule has 0 saturated carbocycles. The van der Waals surface area contributed by atoms with Crippen LogP contribution in [-0.2, 0) is 29.6 Å². The maximum atomic E-state index is 12.9. The number of nitrogens with one attached hydrogen (secondary N) is 2. The number of aliphatic hydroxyl groups excluding tert-OH is 1. The zero-order valence-corrected chi connectivity index (χ0v) is 22.6. The van der Waals surface area contributed by atoms with Gasteiger partial charge in [0.25, 0.3) is 10.0 Å². The van der Waals surface area contributed by atoms with Gasteiger partial charge in [-0.15, -0.1) is 11.8 Å². The molecule has 0 atom stereocenters. The van der Waals surface area contributed by atoms with Crippen molar-refractivity contribution in [2.24, 2.45) is 0 Å². The van der Waals surface area contributed by atoms with Crippen molar-refractivity contribution in [1.29, 1.82) is 0 Å². The van der Waals surface area contributed by atoms with Crippen molar-refractivity contribution in [3.8, 4) is 11.1 Å². The molecular formula is C26H34N4O4S2. The molecule has 0 fully saturated rings. The van der Waals surface area contributed by atoms with Gasteiger partial charge in [0, 0.05) is 25.1 Å². The maximum Gasteiger partial charge on any atom is 0.328 e. The van der Waals surface area contributed by atoms with E-state index in [-0.39, 0.29) is 11.5 Å².